The maximum Gasteiger partial charge on any atom is 0.220 e. The summed E-state index contributed by atoms with van der Waals surface area (Å²) in [5.74, 6) is 1.47. The van der Waals surface area contributed by atoms with Crippen LogP contribution in [0.3, 0.4) is 0 Å². The monoisotopic (exact) mass is 363 g/mol. The van der Waals surface area contributed by atoms with Crippen LogP contribution in [0.1, 0.15) is 24.8 Å². The van der Waals surface area contributed by atoms with Crippen LogP contribution in [0, 0.1) is 0 Å². The molecule has 1 aromatic rings. The maximum atomic E-state index is 11.5. The van der Waals surface area contributed by atoms with Crippen LogP contribution in [0.4, 0.5) is 0 Å². The normalized spacial score (nSPS) is 23.3. The van der Waals surface area contributed by atoms with E-state index >= 15 is 0 Å². The summed E-state index contributed by atoms with van der Waals surface area (Å²) in [5, 5.41) is 16.7. The summed E-state index contributed by atoms with van der Waals surface area (Å²) in [5.41, 5.74) is 1.04. The molecule has 2 saturated heterocycles. The third kappa shape index (κ3) is 4.66. The molecule has 0 aliphatic carbocycles. The Bertz CT molecular complexity index is 619. The lowest BCUT2D eigenvalue weighted by Crippen LogP contribution is -2.48. The van der Waals surface area contributed by atoms with Gasteiger partial charge in [-0.1, -0.05) is 6.07 Å². The standard InChI is InChI=1S/C19H29N3O4/c1-13(16(23)12-22-7-5-20-6-8-22)26-18-9-14(3-4-17(18)25-2)15-10-19(24)21-11-15/h3-4,9,13,15-16,20,23H,5-8,10-12H2,1-2H3,(H,21,24). The highest BCUT2D eigenvalue weighted by molar-refractivity contribution is 5.79. The van der Waals surface area contributed by atoms with Crippen molar-refractivity contribution < 1.29 is 19.4 Å². The Hall–Kier alpha value is -1.83. The van der Waals surface area contributed by atoms with Gasteiger partial charge in [-0.2, -0.15) is 0 Å². The van der Waals surface area contributed by atoms with E-state index in [1.807, 2.05) is 25.1 Å². The zero-order chi connectivity index (χ0) is 18.5. The number of aliphatic hydroxyl groups is 1. The second-order valence-electron chi connectivity index (χ2n) is 7.06. The van der Waals surface area contributed by atoms with E-state index in [0.717, 1.165) is 31.7 Å². The Balaban J connectivity index is 1.65. The topological polar surface area (TPSA) is 83.1 Å². The molecule has 7 heteroatoms. The summed E-state index contributed by atoms with van der Waals surface area (Å²) in [4.78, 5) is 13.7. The number of carbonyl (C=O) groups is 1. The zero-order valence-electron chi connectivity index (χ0n) is 15.5. The number of benzene rings is 1. The lowest BCUT2D eigenvalue weighted by molar-refractivity contribution is -0.119. The number of amides is 1. The second-order valence-corrected chi connectivity index (χ2v) is 7.06. The molecule has 144 valence electrons. The van der Waals surface area contributed by atoms with Crippen molar-refractivity contribution in [3.8, 4) is 11.5 Å². The van der Waals surface area contributed by atoms with Crippen molar-refractivity contribution in [2.75, 3.05) is 46.4 Å². The van der Waals surface area contributed by atoms with Gasteiger partial charge >= 0.3 is 0 Å². The van der Waals surface area contributed by atoms with Crippen molar-refractivity contribution >= 4 is 5.91 Å². The molecule has 0 spiro atoms. The van der Waals surface area contributed by atoms with Gasteiger partial charge in [0.25, 0.3) is 0 Å². The summed E-state index contributed by atoms with van der Waals surface area (Å²) < 4.78 is 11.5. The Morgan fingerprint density at radius 3 is 2.73 bits per heavy atom. The van der Waals surface area contributed by atoms with Gasteiger partial charge in [-0.05, 0) is 24.6 Å². The van der Waals surface area contributed by atoms with Crippen LogP contribution in [-0.4, -0.2) is 74.5 Å². The minimum absolute atomic E-state index is 0.0769. The van der Waals surface area contributed by atoms with Crippen molar-refractivity contribution in [1.29, 1.82) is 0 Å². The highest BCUT2D eigenvalue weighted by Gasteiger charge is 2.25. The van der Waals surface area contributed by atoms with Gasteiger partial charge < -0.3 is 25.2 Å². The first-order valence-corrected chi connectivity index (χ1v) is 9.29. The number of rotatable bonds is 7. The molecule has 0 radical (unpaired) electrons. The number of β-amino-alcohol motifs (C(OH)–C–C–N with tert-alkyl or cyclic N) is 1. The van der Waals surface area contributed by atoms with Gasteiger partial charge in [0.2, 0.25) is 5.91 Å². The molecule has 2 heterocycles. The van der Waals surface area contributed by atoms with Crippen molar-refractivity contribution in [3.05, 3.63) is 23.8 Å². The van der Waals surface area contributed by atoms with Crippen LogP contribution in [-0.2, 0) is 4.79 Å². The first kappa shape index (κ1) is 18.9. The van der Waals surface area contributed by atoms with Crippen molar-refractivity contribution in [1.82, 2.24) is 15.5 Å². The smallest absolute Gasteiger partial charge is 0.220 e. The molecule has 2 fully saturated rings. The molecular weight excluding hydrogens is 334 g/mol. The molecule has 1 aromatic carbocycles. The Labute approximate surface area is 154 Å². The quantitative estimate of drug-likeness (QED) is 0.648. The van der Waals surface area contributed by atoms with Crippen LogP contribution in [0.5, 0.6) is 11.5 Å². The molecule has 0 saturated carbocycles. The molecule has 7 nitrogen and oxygen atoms in total. The summed E-state index contributed by atoms with van der Waals surface area (Å²) in [6, 6.07) is 5.76. The molecule has 3 N–H and O–H groups in total. The van der Waals surface area contributed by atoms with Gasteiger partial charge in [0, 0.05) is 51.6 Å². The summed E-state index contributed by atoms with van der Waals surface area (Å²) >= 11 is 0. The Morgan fingerprint density at radius 2 is 2.08 bits per heavy atom. The fourth-order valence-electron chi connectivity index (χ4n) is 3.47. The van der Waals surface area contributed by atoms with Gasteiger partial charge in [-0.25, -0.2) is 0 Å². The molecule has 3 rings (SSSR count). The zero-order valence-corrected chi connectivity index (χ0v) is 15.5. The first-order chi connectivity index (χ1) is 12.6. The maximum absolute atomic E-state index is 11.5. The van der Waals surface area contributed by atoms with Gasteiger partial charge in [0.1, 0.15) is 12.2 Å². The van der Waals surface area contributed by atoms with E-state index in [1.54, 1.807) is 7.11 Å². The predicted octanol–water partition coefficient (Wildman–Crippen LogP) is 0.332. The van der Waals surface area contributed by atoms with E-state index in [1.165, 1.54) is 0 Å². The van der Waals surface area contributed by atoms with E-state index < -0.39 is 6.10 Å². The minimum atomic E-state index is -0.587. The van der Waals surface area contributed by atoms with Gasteiger partial charge in [0.05, 0.1) is 7.11 Å². The molecule has 1 amide bonds. The van der Waals surface area contributed by atoms with Crippen LogP contribution in [0.2, 0.25) is 0 Å². The van der Waals surface area contributed by atoms with E-state index in [2.05, 4.69) is 15.5 Å². The number of piperazine rings is 1. The fourth-order valence-corrected chi connectivity index (χ4v) is 3.47. The van der Waals surface area contributed by atoms with Crippen LogP contribution in [0.15, 0.2) is 18.2 Å². The molecular formula is C19H29N3O4. The number of nitrogens with one attached hydrogen (secondary N) is 2. The lowest BCUT2D eigenvalue weighted by atomic mass is 9.98. The first-order valence-electron chi connectivity index (χ1n) is 9.29. The molecule has 3 atom stereocenters. The summed E-state index contributed by atoms with van der Waals surface area (Å²) in [7, 11) is 1.60. The molecule has 2 aliphatic rings. The average Bonchev–Trinajstić information content (AvgIpc) is 3.09. The molecule has 0 aromatic heterocycles. The lowest BCUT2D eigenvalue weighted by Gasteiger charge is -2.31. The highest BCUT2D eigenvalue weighted by atomic mass is 16.5. The SMILES string of the molecule is COc1ccc(C2CNC(=O)C2)cc1OC(C)C(O)CN1CCNCC1. The summed E-state index contributed by atoms with van der Waals surface area (Å²) in [6.45, 7) is 6.88. The number of hydrogen-bond donors (Lipinski definition) is 3. The molecule has 3 unspecified atom stereocenters. The van der Waals surface area contributed by atoms with Crippen LogP contribution >= 0.6 is 0 Å². The average molecular weight is 363 g/mol. The largest absolute Gasteiger partial charge is 0.493 e. The number of hydrogen-bond acceptors (Lipinski definition) is 6. The number of carbonyl (C=O) groups excluding carboxylic acids is 1. The fraction of sp³-hybridized carbons (Fsp3) is 0.632. The van der Waals surface area contributed by atoms with Crippen molar-refractivity contribution in [2.45, 2.75) is 31.5 Å². The van der Waals surface area contributed by atoms with Gasteiger partial charge in [-0.3, -0.25) is 9.69 Å². The summed E-state index contributed by atoms with van der Waals surface area (Å²) in [6.07, 6.45) is -0.457. The molecule has 2 aliphatic heterocycles. The van der Waals surface area contributed by atoms with E-state index in [-0.39, 0.29) is 17.9 Å². The minimum Gasteiger partial charge on any atom is -0.493 e. The third-order valence-corrected chi connectivity index (χ3v) is 5.15. The predicted molar refractivity (Wildman–Crippen MR) is 98.8 cm³/mol. The Morgan fingerprint density at radius 1 is 1.31 bits per heavy atom. The van der Waals surface area contributed by atoms with Gasteiger partial charge in [-0.15, -0.1) is 0 Å². The number of methoxy groups -OCH3 is 1. The van der Waals surface area contributed by atoms with Crippen molar-refractivity contribution in [2.24, 2.45) is 0 Å². The second kappa shape index (κ2) is 8.70. The van der Waals surface area contributed by atoms with Crippen molar-refractivity contribution in [3.63, 3.8) is 0 Å². The molecule has 26 heavy (non-hydrogen) atoms. The van der Waals surface area contributed by atoms with E-state index in [9.17, 15) is 9.90 Å². The van der Waals surface area contributed by atoms with Crippen LogP contribution < -0.4 is 20.1 Å². The number of aliphatic hydroxyl groups excluding tert-OH is 1. The number of nitrogens with zero attached hydrogens (tertiary/aromatic N) is 1. The van der Waals surface area contributed by atoms with Gasteiger partial charge in [0.15, 0.2) is 11.5 Å². The Kier molecular flexibility index (Phi) is 6.34. The molecule has 0 bridgehead atoms. The number of ether oxygens (including phenoxy) is 2. The highest BCUT2D eigenvalue weighted by Crippen LogP contribution is 2.34. The van der Waals surface area contributed by atoms with E-state index in [4.69, 9.17) is 9.47 Å². The van der Waals surface area contributed by atoms with E-state index in [0.29, 0.717) is 31.0 Å². The third-order valence-electron chi connectivity index (χ3n) is 5.15. The van der Waals surface area contributed by atoms with Crippen LogP contribution in [0.25, 0.3) is 0 Å².